The number of rotatable bonds is 5. The normalized spacial score (nSPS) is 12.8. The molecule has 2 heterocycles. The molecule has 0 bridgehead atoms. The van der Waals surface area contributed by atoms with Crippen molar-refractivity contribution in [1.29, 1.82) is 0 Å². The summed E-state index contributed by atoms with van der Waals surface area (Å²) >= 11 is 0. The van der Waals surface area contributed by atoms with Gasteiger partial charge in [-0.25, -0.2) is 13.1 Å². The third-order valence-corrected chi connectivity index (χ3v) is 5.90. The molecule has 7 heteroatoms. The molecule has 24 heavy (non-hydrogen) atoms. The summed E-state index contributed by atoms with van der Waals surface area (Å²) in [6.45, 7) is 6.95. The number of hydrogen-bond donors (Lipinski definition) is 2. The van der Waals surface area contributed by atoms with Gasteiger partial charge >= 0.3 is 0 Å². The zero-order chi connectivity index (χ0) is 17.5. The predicted octanol–water partition coefficient (Wildman–Crippen LogP) is 3.07. The molecule has 0 aliphatic carbocycles. The van der Waals surface area contributed by atoms with Crippen molar-refractivity contribution in [1.82, 2.24) is 14.9 Å². The van der Waals surface area contributed by atoms with Crippen molar-refractivity contribution in [2.75, 3.05) is 0 Å². The molecule has 0 saturated carbocycles. The molecule has 0 aliphatic heterocycles. The minimum absolute atomic E-state index is 0.120. The van der Waals surface area contributed by atoms with Crippen molar-refractivity contribution in [3.63, 3.8) is 0 Å². The van der Waals surface area contributed by atoms with E-state index in [4.69, 9.17) is 4.52 Å². The van der Waals surface area contributed by atoms with Gasteiger partial charge in [0.1, 0.15) is 10.6 Å². The summed E-state index contributed by atoms with van der Waals surface area (Å²) in [7, 11) is -3.71. The van der Waals surface area contributed by atoms with Crippen LogP contribution in [0.4, 0.5) is 0 Å². The van der Waals surface area contributed by atoms with Crippen LogP contribution in [0.25, 0.3) is 10.9 Å². The van der Waals surface area contributed by atoms with E-state index in [2.05, 4.69) is 14.9 Å². The maximum Gasteiger partial charge on any atom is 0.246 e. The number of hydrogen-bond acceptors (Lipinski definition) is 4. The molecule has 0 amide bonds. The Kier molecular flexibility index (Phi) is 4.01. The van der Waals surface area contributed by atoms with Gasteiger partial charge in [0.05, 0.1) is 0 Å². The van der Waals surface area contributed by atoms with Gasteiger partial charge in [-0.15, -0.1) is 0 Å². The van der Waals surface area contributed by atoms with Crippen molar-refractivity contribution in [2.45, 2.75) is 44.6 Å². The standard InChI is InChI=1S/C17H21N3O3S/c1-11-16(12(2)23-19-11)24(21,22)20-17(3,4)9-13-10-18-15-8-6-5-7-14(13)15/h5-8,10,18,20H,9H2,1-4H3. The van der Waals surface area contributed by atoms with Gasteiger partial charge in [-0.1, -0.05) is 23.4 Å². The zero-order valence-corrected chi connectivity index (χ0v) is 15.0. The number of nitrogens with one attached hydrogen (secondary N) is 2. The number of aromatic amines is 1. The molecule has 3 rings (SSSR count). The summed E-state index contributed by atoms with van der Waals surface area (Å²) in [6.07, 6.45) is 2.48. The van der Waals surface area contributed by atoms with Crippen LogP contribution in [-0.4, -0.2) is 24.1 Å². The predicted molar refractivity (Wildman–Crippen MR) is 92.4 cm³/mol. The molecular formula is C17H21N3O3S. The Labute approximate surface area is 141 Å². The van der Waals surface area contributed by atoms with E-state index >= 15 is 0 Å². The first-order valence-electron chi connectivity index (χ1n) is 7.71. The van der Waals surface area contributed by atoms with Crippen LogP contribution in [0.15, 0.2) is 39.9 Å². The van der Waals surface area contributed by atoms with E-state index < -0.39 is 15.6 Å². The van der Waals surface area contributed by atoms with E-state index in [9.17, 15) is 8.42 Å². The molecule has 0 unspecified atom stereocenters. The average Bonchev–Trinajstić information content (AvgIpc) is 3.02. The van der Waals surface area contributed by atoms with E-state index in [1.807, 2.05) is 44.3 Å². The van der Waals surface area contributed by atoms with Crippen molar-refractivity contribution < 1.29 is 12.9 Å². The Morgan fingerprint density at radius 1 is 1.25 bits per heavy atom. The van der Waals surface area contributed by atoms with Crippen LogP contribution in [0, 0.1) is 13.8 Å². The van der Waals surface area contributed by atoms with Crippen molar-refractivity contribution in [3.8, 4) is 0 Å². The van der Waals surface area contributed by atoms with Gasteiger partial charge in [-0.3, -0.25) is 0 Å². The number of para-hydroxylation sites is 1. The lowest BCUT2D eigenvalue weighted by molar-refractivity contribution is 0.390. The monoisotopic (exact) mass is 347 g/mol. The van der Waals surface area contributed by atoms with Gasteiger partial charge in [-0.05, 0) is 45.7 Å². The highest BCUT2D eigenvalue weighted by molar-refractivity contribution is 7.89. The molecule has 0 radical (unpaired) electrons. The molecule has 0 spiro atoms. The Bertz CT molecular complexity index is 964. The minimum Gasteiger partial charge on any atom is -0.361 e. The first-order valence-corrected chi connectivity index (χ1v) is 9.20. The largest absolute Gasteiger partial charge is 0.361 e. The second kappa shape index (κ2) is 5.75. The second-order valence-corrected chi connectivity index (χ2v) is 8.30. The number of aryl methyl sites for hydroxylation is 2. The Morgan fingerprint density at radius 2 is 1.96 bits per heavy atom. The Balaban J connectivity index is 1.88. The smallest absolute Gasteiger partial charge is 0.246 e. The molecule has 0 saturated heterocycles. The van der Waals surface area contributed by atoms with Crippen molar-refractivity contribution in [2.24, 2.45) is 0 Å². The lowest BCUT2D eigenvalue weighted by Gasteiger charge is -2.25. The lowest BCUT2D eigenvalue weighted by atomic mass is 9.96. The van der Waals surface area contributed by atoms with Crippen LogP contribution < -0.4 is 4.72 Å². The summed E-state index contributed by atoms with van der Waals surface area (Å²) in [5.74, 6) is 0.294. The molecule has 0 atom stereocenters. The first kappa shape index (κ1) is 16.7. The van der Waals surface area contributed by atoms with Crippen molar-refractivity contribution in [3.05, 3.63) is 47.5 Å². The number of H-pyrrole nitrogens is 1. The molecule has 128 valence electrons. The van der Waals surface area contributed by atoms with Gasteiger partial charge in [0.2, 0.25) is 10.0 Å². The Hall–Kier alpha value is -2.12. The van der Waals surface area contributed by atoms with Crippen LogP contribution in [0.5, 0.6) is 0 Å². The van der Waals surface area contributed by atoms with Crippen LogP contribution in [-0.2, 0) is 16.4 Å². The van der Waals surface area contributed by atoms with E-state index in [1.54, 1.807) is 13.8 Å². The molecule has 1 aromatic carbocycles. The summed E-state index contributed by atoms with van der Waals surface area (Å²) in [5.41, 5.74) is 1.80. The highest BCUT2D eigenvalue weighted by Crippen LogP contribution is 2.25. The fourth-order valence-corrected chi connectivity index (χ4v) is 4.81. The maximum atomic E-state index is 12.7. The van der Waals surface area contributed by atoms with Crippen LogP contribution >= 0.6 is 0 Å². The number of nitrogens with zero attached hydrogens (tertiary/aromatic N) is 1. The third kappa shape index (κ3) is 3.09. The summed E-state index contributed by atoms with van der Waals surface area (Å²) < 4.78 is 33.2. The first-order chi connectivity index (χ1) is 11.2. The average molecular weight is 347 g/mol. The fraction of sp³-hybridized carbons (Fsp3) is 0.353. The fourth-order valence-electron chi connectivity index (χ4n) is 3.06. The number of benzene rings is 1. The third-order valence-electron chi connectivity index (χ3n) is 3.95. The van der Waals surface area contributed by atoms with Gasteiger partial charge in [0, 0.05) is 22.6 Å². The highest BCUT2D eigenvalue weighted by atomic mass is 32.2. The molecule has 2 aromatic heterocycles. The molecule has 3 aromatic rings. The molecule has 6 nitrogen and oxygen atoms in total. The van der Waals surface area contributed by atoms with E-state index in [-0.39, 0.29) is 4.90 Å². The quantitative estimate of drug-likeness (QED) is 0.742. The van der Waals surface area contributed by atoms with Crippen LogP contribution in [0.2, 0.25) is 0 Å². The summed E-state index contributed by atoms with van der Waals surface area (Å²) in [4.78, 5) is 3.34. The molecule has 0 fully saturated rings. The van der Waals surface area contributed by atoms with Gasteiger partial charge in [0.25, 0.3) is 0 Å². The highest BCUT2D eigenvalue weighted by Gasteiger charge is 2.31. The molecule has 0 aliphatic rings. The minimum atomic E-state index is -3.71. The van der Waals surface area contributed by atoms with E-state index in [0.29, 0.717) is 17.9 Å². The van der Waals surface area contributed by atoms with Crippen LogP contribution in [0.3, 0.4) is 0 Å². The second-order valence-electron chi connectivity index (χ2n) is 6.68. The summed E-state index contributed by atoms with van der Waals surface area (Å²) in [5, 5.41) is 4.83. The van der Waals surface area contributed by atoms with Gasteiger partial charge in [0.15, 0.2) is 5.76 Å². The molecular weight excluding hydrogens is 326 g/mol. The van der Waals surface area contributed by atoms with Crippen LogP contribution in [0.1, 0.15) is 30.9 Å². The van der Waals surface area contributed by atoms with Gasteiger partial charge in [-0.2, -0.15) is 0 Å². The molecule has 2 N–H and O–H groups in total. The van der Waals surface area contributed by atoms with Gasteiger partial charge < -0.3 is 9.51 Å². The maximum absolute atomic E-state index is 12.7. The van der Waals surface area contributed by atoms with E-state index in [0.717, 1.165) is 16.5 Å². The topological polar surface area (TPSA) is 88.0 Å². The van der Waals surface area contributed by atoms with E-state index in [1.165, 1.54) is 0 Å². The number of aromatic nitrogens is 2. The lowest BCUT2D eigenvalue weighted by Crippen LogP contribution is -2.45. The number of fused-ring (bicyclic) bond motifs is 1. The van der Waals surface area contributed by atoms with Crippen molar-refractivity contribution >= 4 is 20.9 Å². The zero-order valence-electron chi connectivity index (χ0n) is 14.2. The Morgan fingerprint density at radius 3 is 2.62 bits per heavy atom. The SMILES string of the molecule is Cc1noc(C)c1S(=O)(=O)NC(C)(C)Cc1c[nH]c2ccccc12. The number of sulfonamides is 1. The summed E-state index contributed by atoms with van der Waals surface area (Å²) in [6, 6.07) is 7.97.